The molecular formula is C36H65F. The Kier molecular flexibility index (Phi) is 26.5. The summed E-state index contributed by atoms with van der Waals surface area (Å²) in [5, 5.41) is 0. The van der Waals surface area contributed by atoms with Crippen LogP contribution in [0.4, 0.5) is 4.39 Å². The van der Waals surface area contributed by atoms with Crippen LogP contribution < -0.4 is 0 Å². The molecule has 2 aromatic rings. The topological polar surface area (TPSA) is 0 Å². The van der Waals surface area contributed by atoms with Gasteiger partial charge in [0.05, 0.1) is 0 Å². The van der Waals surface area contributed by atoms with E-state index in [-0.39, 0.29) is 35.5 Å². The number of halogens is 1. The molecule has 2 aliphatic carbocycles. The number of aryl methyl sites for hydroxylation is 4. The SMILES string of the molecule is C.C.C.C.CC1=CCC(C)CC1.CC1CCC(C)CC1.Cc1ccc(C)c(F)c1.Cc1ccc(C)cc1. The van der Waals surface area contributed by atoms with Gasteiger partial charge in [-0.15, -0.1) is 0 Å². The number of rotatable bonds is 0. The Bertz CT molecular complexity index is 776. The molecule has 0 aliphatic heterocycles. The van der Waals surface area contributed by atoms with Gasteiger partial charge in [0.2, 0.25) is 0 Å². The van der Waals surface area contributed by atoms with Crippen molar-refractivity contribution in [1.29, 1.82) is 0 Å². The van der Waals surface area contributed by atoms with E-state index in [4.69, 9.17) is 0 Å². The van der Waals surface area contributed by atoms with Crippen LogP contribution in [0.15, 0.2) is 54.1 Å². The Labute approximate surface area is 234 Å². The summed E-state index contributed by atoms with van der Waals surface area (Å²) in [6.45, 7) is 17.1. The van der Waals surface area contributed by atoms with Gasteiger partial charge in [-0.1, -0.05) is 135 Å². The van der Waals surface area contributed by atoms with E-state index in [0.29, 0.717) is 5.56 Å². The fourth-order valence-corrected chi connectivity index (χ4v) is 3.86. The molecule has 2 aromatic carbocycles. The standard InChI is InChI=1S/C8H9F.C8H16.C8H14.C8H10.4CH4/c1-6-3-4-7(2)8(9)5-6;3*1-7-3-5-8(2)6-4-7;;;;/h3-5H,1-2H3;7-8H,3-6H2,1-2H3;3,8H,4-6H2,1-2H3;3-6H,1-2H3;4*1H4. The summed E-state index contributed by atoms with van der Waals surface area (Å²) in [6, 6.07) is 13.7. The number of benzene rings is 2. The van der Waals surface area contributed by atoms with Crippen molar-refractivity contribution in [3.8, 4) is 0 Å². The van der Waals surface area contributed by atoms with Gasteiger partial charge in [-0.05, 0) is 88.8 Å². The van der Waals surface area contributed by atoms with Crippen LogP contribution in [-0.2, 0) is 0 Å². The molecule has 2 aliphatic rings. The van der Waals surface area contributed by atoms with Crippen LogP contribution in [-0.4, -0.2) is 0 Å². The molecule has 0 N–H and O–H groups in total. The van der Waals surface area contributed by atoms with E-state index >= 15 is 0 Å². The van der Waals surface area contributed by atoms with E-state index < -0.39 is 0 Å². The van der Waals surface area contributed by atoms with Gasteiger partial charge >= 0.3 is 0 Å². The fourth-order valence-electron chi connectivity index (χ4n) is 3.86. The molecule has 0 heterocycles. The summed E-state index contributed by atoms with van der Waals surface area (Å²) in [5.41, 5.74) is 5.92. The molecule has 0 spiro atoms. The Morgan fingerprint density at radius 2 is 0.973 bits per heavy atom. The van der Waals surface area contributed by atoms with Gasteiger partial charge in [-0.2, -0.15) is 0 Å². The van der Waals surface area contributed by atoms with Crippen LogP contribution in [0.1, 0.15) is 125 Å². The van der Waals surface area contributed by atoms with E-state index in [2.05, 4.69) is 71.9 Å². The van der Waals surface area contributed by atoms with Crippen molar-refractivity contribution < 1.29 is 4.39 Å². The maximum Gasteiger partial charge on any atom is 0.126 e. The molecule has 0 amide bonds. The lowest BCUT2D eigenvalue weighted by Crippen LogP contribution is -2.08. The van der Waals surface area contributed by atoms with E-state index in [0.717, 1.165) is 23.3 Å². The predicted molar refractivity (Wildman–Crippen MR) is 172 cm³/mol. The zero-order chi connectivity index (χ0) is 24.8. The van der Waals surface area contributed by atoms with Crippen LogP contribution in [0, 0.1) is 51.3 Å². The molecule has 1 fully saturated rings. The summed E-state index contributed by atoms with van der Waals surface area (Å²) >= 11 is 0. The highest BCUT2D eigenvalue weighted by Crippen LogP contribution is 2.27. The average Bonchev–Trinajstić information content (AvgIpc) is 2.79. The van der Waals surface area contributed by atoms with Crippen molar-refractivity contribution in [3.63, 3.8) is 0 Å². The van der Waals surface area contributed by atoms with E-state index in [1.807, 2.05) is 13.0 Å². The lowest BCUT2D eigenvalue weighted by Gasteiger charge is -2.22. The Morgan fingerprint density at radius 3 is 1.27 bits per heavy atom. The highest BCUT2D eigenvalue weighted by molar-refractivity contribution is 5.21. The van der Waals surface area contributed by atoms with Crippen LogP contribution in [0.5, 0.6) is 0 Å². The minimum absolute atomic E-state index is 0. The van der Waals surface area contributed by atoms with Crippen molar-refractivity contribution in [2.45, 2.75) is 130 Å². The van der Waals surface area contributed by atoms with Crippen molar-refractivity contribution in [2.75, 3.05) is 0 Å². The zero-order valence-corrected chi connectivity index (χ0v) is 22.7. The molecule has 1 saturated carbocycles. The minimum Gasteiger partial charge on any atom is -0.207 e. The normalized spacial score (nSPS) is 19.4. The zero-order valence-electron chi connectivity index (χ0n) is 22.7. The van der Waals surface area contributed by atoms with E-state index in [1.54, 1.807) is 18.6 Å². The van der Waals surface area contributed by atoms with Crippen molar-refractivity contribution in [2.24, 2.45) is 17.8 Å². The van der Waals surface area contributed by atoms with Gasteiger partial charge in [0.1, 0.15) is 5.82 Å². The van der Waals surface area contributed by atoms with Gasteiger partial charge in [0.15, 0.2) is 0 Å². The fraction of sp³-hybridized carbons (Fsp3) is 0.611. The first-order valence-electron chi connectivity index (χ1n) is 13.0. The van der Waals surface area contributed by atoms with Crippen LogP contribution >= 0.6 is 0 Å². The third-order valence-corrected chi connectivity index (χ3v) is 6.75. The van der Waals surface area contributed by atoms with Crippen LogP contribution in [0.2, 0.25) is 0 Å². The first kappa shape index (κ1) is 42.2. The summed E-state index contributed by atoms with van der Waals surface area (Å²) in [7, 11) is 0. The second-order valence-electron chi connectivity index (χ2n) is 10.7. The lowest BCUT2D eigenvalue weighted by atomic mass is 9.84. The maximum atomic E-state index is 12.6. The van der Waals surface area contributed by atoms with Gasteiger partial charge in [0, 0.05) is 0 Å². The third-order valence-electron chi connectivity index (χ3n) is 6.75. The Balaban J connectivity index is -0.000000190. The molecule has 0 radical (unpaired) electrons. The highest BCUT2D eigenvalue weighted by atomic mass is 19.1. The minimum atomic E-state index is -0.116. The first-order chi connectivity index (χ1) is 15.6. The summed E-state index contributed by atoms with van der Waals surface area (Å²) < 4.78 is 12.6. The molecule has 216 valence electrons. The average molecular weight is 517 g/mol. The van der Waals surface area contributed by atoms with E-state index in [1.165, 1.54) is 62.1 Å². The molecule has 1 unspecified atom stereocenters. The second kappa shape index (κ2) is 23.2. The predicted octanol–water partition coefficient (Wildman–Crippen LogP) is 12.9. The quantitative estimate of drug-likeness (QED) is 0.305. The molecule has 4 rings (SSSR count). The largest absolute Gasteiger partial charge is 0.207 e. The van der Waals surface area contributed by atoms with Crippen molar-refractivity contribution in [1.82, 2.24) is 0 Å². The molecule has 1 atom stereocenters. The summed E-state index contributed by atoms with van der Waals surface area (Å²) in [4.78, 5) is 0. The molecule has 37 heavy (non-hydrogen) atoms. The second-order valence-corrected chi connectivity index (χ2v) is 10.7. The molecule has 0 saturated heterocycles. The third kappa shape index (κ3) is 20.8. The van der Waals surface area contributed by atoms with Crippen molar-refractivity contribution >= 4 is 0 Å². The van der Waals surface area contributed by atoms with E-state index in [9.17, 15) is 4.39 Å². The van der Waals surface area contributed by atoms with Gasteiger partial charge in [0.25, 0.3) is 0 Å². The molecule has 0 nitrogen and oxygen atoms in total. The maximum absolute atomic E-state index is 12.6. The number of allylic oxidation sites excluding steroid dienone is 2. The number of hydrogen-bond acceptors (Lipinski definition) is 0. The summed E-state index contributed by atoms with van der Waals surface area (Å²) in [6.07, 6.45) is 12.3. The van der Waals surface area contributed by atoms with Crippen LogP contribution in [0.3, 0.4) is 0 Å². The highest BCUT2D eigenvalue weighted by Gasteiger charge is 2.13. The molecule has 0 aromatic heterocycles. The molecule has 1 heteroatoms. The molecule has 0 bridgehead atoms. The van der Waals surface area contributed by atoms with Crippen molar-refractivity contribution in [3.05, 3.63) is 82.2 Å². The van der Waals surface area contributed by atoms with Gasteiger partial charge in [-0.25, -0.2) is 4.39 Å². The Hall–Kier alpha value is -1.89. The smallest absolute Gasteiger partial charge is 0.126 e. The Morgan fingerprint density at radius 1 is 0.568 bits per heavy atom. The van der Waals surface area contributed by atoms with Crippen LogP contribution in [0.25, 0.3) is 0 Å². The monoisotopic (exact) mass is 517 g/mol. The van der Waals surface area contributed by atoms with Gasteiger partial charge in [-0.3, -0.25) is 0 Å². The number of hydrogen-bond donors (Lipinski definition) is 0. The lowest BCUT2D eigenvalue weighted by molar-refractivity contribution is 0.308. The van der Waals surface area contributed by atoms with Gasteiger partial charge < -0.3 is 0 Å². The first-order valence-corrected chi connectivity index (χ1v) is 13.0. The molecular weight excluding hydrogens is 451 g/mol. The summed E-state index contributed by atoms with van der Waals surface area (Å²) in [5.74, 6) is 2.87.